The molecule has 1 aliphatic rings. The summed E-state index contributed by atoms with van der Waals surface area (Å²) in [6.07, 6.45) is 2.90. The van der Waals surface area contributed by atoms with Gasteiger partial charge in [-0.05, 0) is 48.8 Å². The van der Waals surface area contributed by atoms with E-state index in [0.29, 0.717) is 18.3 Å². The van der Waals surface area contributed by atoms with Gasteiger partial charge in [0.15, 0.2) is 0 Å². The molecule has 2 nitrogen and oxygen atoms in total. The summed E-state index contributed by atoms with van der Waals surface area (Å²) in [5.74, 6) is 2.00. The molecule has 2 heteroatoms. The number of rotatable bonds is 4. The van der Waals surface area contributed by atoms with E-state index in [2.05, 4.69) is 32.9 Å². The number of hydrogen-bond donors (Lipinski definition) is 0. The molecule has 0 amide bonds. The summed E-state index contributed by atoms with van der Waals surface area (Å²) in [6, 6.07) is 8.22. The first-order chi connectivity index (χ1) is 9.45. The van der Waals surface area contributed by atoms with Gasteiger partial charge >= 0.3 is 0 Å². The van der Waals surface area contributed by atoms with E-state index >= 15 is 0 Å². The summed E-state index contributed by atoms with van der Waals surface area (Å²) in [5.41, 5.74) is 1.08. The Kier molecular flexibility index (Phi) is 4.52. The van der Waals surface area contributed by atoms with Crippen LogP contribution in [-0.2, 0) is 10.2 Å². The predicted octanol–water partition coefficient (Wildman–Crippen LogP) is 4.37. The highest BCUT2D eigenvalue weighted by molar-refractivity contribution is 5.83. The lowest BCUT2D eigenvalue weighted by atomic mass is 9.65. The topological polar surface area (TPSA) is 26.3 Å². The number of carbonyl (C=O) groups excluding carboxylic acids is 1. The van der Waals surface area contributed by atoms with Crippen molar-refractivity contribution in [3.8, 4) is 5.75 Å². The zero-order valence-electron chi connectivity index (χ0n) is 13.1. The Morgan fingerprint density at radius 3 is 2.70 bits per heavy atom. The smallest absolute Gasteiger partial charge is 0.137 e. The van der Waals surface area contributed by atoms with Gasteiger partial charge in [0, 0.05) is 12.3 Å². The molecular formula is C18H26O2. The van der Waals surface area contributed by atoms with Crippen LogP contribution < -0.4 is 4.74 Å². The Morgan fingerprint density at radius 2 is 2.05 bits per heavy atom. The fourth-order valence-electron chi connectivity index (χ4n) is 3.32. The molecule has 0 aromatic heterocycles. The maximum absolute atomic E-state index is 12.4. The number of ketones is 1. The van der Waals surface area contributed by atoms with Crippen molar-refractivity contribution in [3.05, 3.63) is 29.8 Å². The number of carbonyl (C=O) groups is 1. The Labute approximate surface area is 122 Å². The molecule has 1 aliphatic carbocycles. The number of ether oxygens (including phenoxy) is 1. The lowest BCUT2D eigenvalue weighted by molar-refractivity contribution is -0.128. The fraction of sp³-hybridized carbons (Fsp3) is 0.611. The predicted molar refractivity (Wildman–Crippen MR) is 82.1 cm³/mol. The van der Waals surface area contributed by atoms with Gasteiger partial charge in [0.2, 0.25) is 0 Å². The van der Waals surface area contributed by atoms with Crippen molar-refractivity contribution < 1.29 is 9.53 Å². The second-order valence-electron chi connectivity index (χ2n) is 6.59. The van der Waals surface area contributed by atoms with Crippen LogP contribution in [0.2, 0.25) is 0 Å². The summed E-state index contributed by atoms with van der Waals surface area (Å²) in [7, 11) is 0. The molecule has 20 heavy (non-hydrogen) atoms. The highest BCUT2D eigenvalue weighted by Crippen LogP contribution is 2.41. The van der Waals surface area contributed by atoms with Gasteiger partial charge in [0.25, 0.3) is 0 Å². The first-order valence-corrected chi connectivity index (χ1v) is 7.71. The molecule has 0 heterocycles. The minimum absolute atomic E-state index is 0.121. The maximum atomic E-state index is 12.4. The third-order valence-electron chi connectivity index (χ3n) is 4.65. The molecule has 2 rings (SSSR count). The first kappa shape index (κ1) is 15.1. The normalized spacial score (nSPS) is 23.7. The van der Waals surface area contributed by atoms with E-state index in [1.54, 1.807) is 0 Å². The maximum Gasteiger partial charge on any atom is 0.137 e. The molecule has 2 atom stereocenters. The fourth-order valence-corrected chi connectivity index (χ4v) is 3.32. The van der Waals surface area contributed by atoms with Crippen molar-refractivity contribution in [1.82, 2.24) is 0 Å². The minimum Gasteiger partial charge on any atom is -0.494 e. The molecule has 1 fully saturated rings. The summed E-state index contributed by atoms with van der Waals surface area (Å²) in [4.78, 5) is 12.4. The van der Waals surface area contributed by atoms with Crippen LogP contribution in [0.5, 0.6) is 5.75 Å². The van der Waals surface area contributed by atoms with E-state index in [0.717, 1.165) is 25.0 Å². The molecule has 0 aliphatic heterocycles. The zero-order valence-corrected chi connectivity index (χ0v) is 13.1. The third-order valence-corrected chi connectivity index (χ3v) is 4.65. The summed E-state index contributed by atoms with van der Waals surface area (Å²) in [5, 5.41) is 0. The SMILES string of the molecule is CCOc1cccc(C(C)(C)C2CCC(C)CC2=O)c1. The molecule has 1 aromatic carbocycles. The van der Waals surface area contributed by atoms with Gasteiger partial charge in [-0.15, -0.1) is 0 Å². The minimum atomic E-state index is -0.121. The molecular weight excluding hydrogens is 248 g/mol. The van der Waals surface area contributed by atoms with Crippen molar-refractivity contribution in [2.75, 3.05) is 6.61 Å². The number of benzene rings is 1. The van der Waals surface area contributed by atoms with Gasteiger partial charge in [-0.3, -0.25) is 4.79 Å². The molecule has 0 bridgehead atoms. The van der Waals surface area contributed by atoms with Gasteiger partial charge in [-0.25, -0.2) is 0 Å². The number of hydrogen-bond acceptors (Lipinski definition) is 2. The molecule has 1 aromatic rings. The van der Waals surface area contributed by atoms with Crippen molar-refractivity contribution in [1.29, 1.82) is 0 Å². The van der Waals surface area contributed by atoms with E-state index in [1.165, 1.54) is 5.56 Å². The molecule has 0 N–H and O–H groups in total. The highest BCUT2D eigenvalue weighted by Gasteiger charge is 2.39. The van der Waals surface area contributed by atoms with Crippen molar-refractivity contribution in [3.63, 3.8) is 0 Å². The lowest BCUT2D eigenvalue weighted by Crippen LogP contribution is -2.38. The van der Waals surface area contributed by atoms with E-state index in [1.807, 2.05) is 19.1 Å². The zero-order chi connectivity index (χ0) is 14.8. The number of Topliss-reactive ketones (excluding diaryl/α,β-unsaturated/α-hetero) is 1. The molecule has 2 unspecified atom stereocenters. The standard InChI is InChI=1S/C18H26O2/c1-5-20-15-8-6-7-14(12-15)18(3,4)16-10-9-13(2)11-17(16)19/h6-8,12-13,16H,5,9-11H2,1-4H3. The van der Waals surface area contributed by atoms with Crippen LogP contribution in [0, 0.1) is 11.8 Å². The molecule has 1 saturated carbocycles. The van der Waals surface area contributed by atoms with Gasteiger partial charge in [0.05, 0.1) is 6.61 Å². The Morgan fingerprint density at radius 1 is 1.30 bits per heavy atom. The van der Waals surface area contributed by atoms with Gasteiger partial charge < -0.3 is 4.74 Å². The van der Waals surface area contributed by atoms with Crippen molar-refractivity contribution >= 4 is 5.78 Å². The van der Waals surface area contributed by atoms with Crippen LogP contribution in [-0.4, -0.2) is 12.4 Å². The van der Waals surface area contributed by atoms with Crippen molar-refractivity contribution in [2.45, 2.75) is 52.4 Å². The van der Waals surface area contributed by atoms with Crippen LogP contribution in [0.4, 0.5) is 0 Å². The first-order valence-electron chi connectivity index (χ1n) is 7.71. The quantitative estimate of drug-likeness (QED) is 0.815. The average Bonchev–Trinajstić information content (AvgIpc) is 2.39. The summed E-state index contributed by atoms with van der Waals surface area (Å²) < 4.78 is 5.59. The van der Waals surface area contributed by atoms with Crippen LogP contribution in [0.3, 0.4) is 0 Å². The molecule has 0 saturated heterocycles. The van der Waals surface area contributed by atoms with Gasteiger partial charge in [0.1, 0.15) is 11.5 Å². The van der Waals surface area contributed by atoms with E-state index in [-0.39, 0.29) is 11.3 Å². The monoisotopic (exact) mass is 274 g/mol. The van der Waals surface area contributed by atoms with Crippen molar-refractivity contribution in [2.24, 2.45) is 11.8 Å². The Bertz CT molecular complexity index is 476. The van der Waals surface area contributed by atoms with Gasteiger partial charge in [-0.2, -0.15) is 0 Å². The van der Waals surface area contributed by atoms with Crippen LogP contribution in [0.15, 0.2) is 24.3 Å². The molecule has 0 radical (unpaired) electrons. The summed E-state index contributed by atoms with van der Waals surface area (Å²) in [6.45, 7) is 9.22. The lowest BCUT2D eigenvalue weighted by Gasteiger charge is -2.38. The van der Waals surface area contributed by atoms with Gasteiger partial charge in [-0.1, -0.05) is 32.9 Å². The van der Waals surface area contributed by atoms with E-state index in [4.69, 9.17) is 4.74 Å². The summed E-state index contributed by atoms with van der Waals surface area (Å²) >= 11 is 0. The molecule has 110 valence electrons. The Hall–Kier alpha value is -1.31. The second kappa shape index (κ2) is 5.99. The largest absolute Gasteiger partial charge is 0.494 e. The molecule has 0 spiro atoms. The Balaban J connectivity index is 2.25. The highest BCUT2D eigenvalue weighted by atomic mass is 16.5. The van der Waals surface area contributed by atoms with Crippen LogP contribution in [0.25, 0.3) is 0 Å². The second-order valence-corrected chi connectivity index (χ2v) is 6.59. The van der Waals surface area contributed by atoms with Crippen LogP contribution >= 0.6 is 0 Å². The third kappa shape index (κ3) is 3.05. The van der Waals surface area contributed by atoms with E-state index in [9.17, 15) is 4.79 Å². The average molecular weight is 274 g/mol. The van der Waals surface area contributed by atoms with E-state index < -0.39 is 0 Å². The van der Waals surface area contributed by atoms with Crippen LogP contribution in [0.1, 0.15) is 52.5 Å².